The molecule has 2 heteroatoms. The lowest BCUT2D eigenvalue weighted by molar-refractivity contribution is 0.268. The van der Waals surface area contributed by atoms with Gasteiger partial charge in [-0.1, -0.05) is 45.0 Å². The first kappa shape index (κ1) is 14.5. The summed E-state index contributed by atoms with van der Waals surface area (Å²) in [5.41, 5.74) is 2.95. The molecule has 0 atom stereocenters. The highest BCUT2D eigenvalue weighted by Crippen LogP contribution is 2.28. The van der Waals surface area contributed by atoms with Crippen molar-refractivity contribution in [1.29, 1.82) is 0 Å². The Labute approximate surface area is 118 Å². The largest absolute Gasteiger partial charge is 0.312 e. The normalized spacial score (nSPS) is 15.4. The van der Waals surface area contributed by atoms with Crippen LogP contribution >= 0.6 is 0 Å². The Kier molecular flexibility index (Phi) is 5.41. The van der Waals surface area contributed by atoms with Gasteiger partial charge in [0.2, 0.25) is 0 Å². The third-order valence-corrected chi connectivity index (χ3v) is 3.83. The highest BCUT2D eigenvalue weighted by molar-refractivity contribution is 5.27. The van der Waals surface area contributed by atoms with Crippen LogP contribution in [-0.2, 0) is 13.1 Å². The number of nitrogens with one attached hydrogen (secondary N) is 1. The third kappa shape index (κ3) is 4.63. The van der Waals surface area contributed by atoms with E-state index < -0.39 is 0 Å². The summed E-state index contributed by atoms with van der Waals surface area (Å²) < 4.78 is 0. The topological polar surface area (TPSA) is 15.3 Å². The first-order chi connectivity index (χ1) is 9.20. The van der Waals surface area contributed by atoms with E-state index in [0.29, 0.717) is 5.92 Å². The molecule has 0 radical (unpaired) electrons. The third-order valence-electron chi connectivity index (χ3n) is 3.83. The minimum Gasteiger partial charge on any atom is -0.312 e. The average molecular weight is 260 g/mol. The molecule has 1 aliphatic rings. The van der Waals surface area contributed by atoms with E-state index in [1.165, 1.54) is 30.5 Å². The van der Waals surface area contributed by atoms with Gasteiger partial charge in [0.15, 0.2) is 0 Å². The Bertz CT molecular complexity index is 383. The minimum absolute atomic E-state index is 0.714. The summed E-state index contributed by atoms with van der Waals surface area (Å²) in [6, 6.07) is 9.73. The fraction of sp³-hybridized carbons (Fsp3) is 0.647. The van der Waals surface area contributed by atoms with Crippen molar-refractivity contribution in [3.8, 4) is 0 Å². The van der Waals surface area contributed by atoms with Gasteiger partial charge in [0.25, 0.3) is 0 Å². The standard InChI is InChI=1S/C17H28N2/c1-4-19(17-9-10-17)13-16-8-6-5-7-15(16)12-18-11-14(2)3/h5-8,14,17-18H,4,9-13H2,1-3H3. The highest BCUT2D eigenvalue weighted by Gasteiger charge is 2.27. The minimum atomic E-state index is 0.714. The van der Waals surface area contributed by atoms with Gasteiger partial charge in [0.1, 0.15) is 0 Å². The molecule has 1 aromatic carbocycles. The zero-order chi connectivity index (χ0) is 13.7. The summed E-state index contributed by atoms with van der Waals surface area (Å²) in [6.45, 7) is 11.2. The van der Waals surface area contributed by atoms with E-state index in [0.717, 1.165) is 25.7 Å². The summed E-state index contributed by atoms with van der Waals surface area (Å²) >= 11 is 0. The SMILES string of the molecule is CCN(Cc1ccccc1CNCC(C)C)C1CC1. The van der Waals surface area contributed by atoms with Crippen molar-refractivity contribution < 1.29 is 0 Å². The zero-order valence-electron chi connectivity index (χ0n) is 12.7. The van der Waals surface area contributed by atoms with Gasteiger partial charge in [-0.15, -0.1) is 0 Å². The molecule has 1 aliphatic carbocycles. The Hall–Kier alpha value is -0.860. The van der Waals surface area contributed by atoms with Crippen LogP contribution in [0.4, 0.5) is 0 Å². The summed E-state index contributed by atoms with van der Waals surface area (Å²) in [5.74, 6) is 0.714. The molecule has 0 bridgehead atoms. The molecule has 19 heavy (non-hydrogen) atoms. The number of hydrogen-bond acceptors (Lipinski definition) is 2. The Balaban J connectivity index is 1.94. The van der Waals surface area contributed by atoms with E-state index >= 15 is 0 Å². The first-order valence-corrected chi connectivity index (χ1v) is 7.72. The van der Waals surface area contributed by atoms with Gasteiger partial charge in [0, 0.05) is 19.1 Å². The van der Waals surface area contributed by atoms with E-state index in [1.54, 1.807) is 0 Å². The van der Waals surface area contributed by atoms with Gasteiger partial charge in [-0.25, -0.2) is 0 Å². The molecule has 0 aromatic heterocycles. The van der Waals surface area contributed by atoms with Crippen LogP contribution in [0.15, 0.2) is 24.3 Å². The van der Waals surface area contributed by atoms with E-state index in [2.05, 4.69) is 55.3 Å². The van der Waals surface area contributed by atoms with Gasteiger partial charge >= 0.3 is 0 Å². The lowest BCUT2D eigenvalue weighted by Crippen LogP contribution is -2.26. The average Bonchev–Trinajstić information content (AvgIpc) is 3.21. The van der Waals surface area contributed by atoms with Gasteiger partial charge in [-0.3, -0.25) is 4.90 Å². The van der Waals surface area contributed by atoms with Crippen LogP contribution in [-0.4, -0.2) is 24.0 Å². The van der Waals surface area contributed by atoms with Crippen molar-refractivity contribution in [1.82, 2.24) is 10.2 Å². The molecule has 0 heterocycles. The summed E-state index contributed by atoms with van der Waals surface area (Å²) in [4.78, 5) is 2.61. The van der Waals surface area contributed by atoms with Crippen LogP contribution in [0.1, 0.15) is 44.7 Å². The maximum atomic E-state index is 3.56. The molecular formula is C17H28N2. The smallest absolute Gasteiger partial charge is 0.0239 e. The molecule has 2 nitrogen and oxygen atoms in total. The Morgan fingerprint density at radius 3 is 2.47 bits per heavy atom. The molecule has 1 N–H and O–H groups in total. The summed E-state index contributed by atoms with van der Waals surface area (Å²) in [6.07, 6.45) is 2.78. The van der Waals surface area contributed by atoms with Crippen molar-refractivity contribution in [2.45, 2.75) is 52.7 Å². The van der Waals surface area contributed by atoms with Gasteiger partial charge in [-0.2, -0.15) is 0 Å². The molecular weight excluding hydrogens is 232 g/mol. The maximum absolute atomic E-state index is 3.56. The monoisotopic (exact) mass is 260 g/mol. The molecule has 0 amide bonds. The second kappa shape index (κ2) is 7.06. The molecule has 0 spiro atoms. The fourth-order valence-electron chi connectivity index (χ4n) is 2.54. The van der Waals surface area contributed by atoms with Crippen molar-refractivity contribution in [3.05, 3.63) is 35.4 Å². The number of nitrogens with zero attached hydrogens (tertiary/aromatic N) is 1. The maximum Gasteiger partial charge on any atom is 0.0239 e. The van der Waals surface area contributed by atoms with E-state index in [9.17, 15) is 0 Å². The van der Waals surface area contributed by atoms with Gasteiger partial charge in [0.05, 0.1) is 0 Å². The number of hydrogen-bond donors (Lipinski definition) is 1. The predicted molar refractivity (Wildman–Crippen MR) is 82.1 cm³/mol. The molecule has 0 saturated heterocycles. The van der Waals surface area contributed by atoms with Crippen LogP contribution in [0.2, 0.25) is 0 Å². The quantitative estimate of drug-likeness (QED) is 0.770. The summed E-state index contributed by atoms with van der Waals surface area (Å²) in [7, 11) is 0. The Morgan fingerprint density at radius 1 is 1.21 bits per heavy atom. The second-order valence-electron chi connectivity index (χ2n) is 6.09. The van der Waals surface area contributed by atoms with Gasteiger partial charge < -0.3 is 5.32 Å². The lowest BCUT2D eigenvalue weighted by Gasteiger charge is -2.22. The second-order valence-corrected chi connectivity index (χ2v) is 6.09. The zero-order valence-corrected chi connectivity index (χ0v) is 12.7. The van der Waals surface area contributed by atoms with E-state index in [4.69, 9.17) is 0 Å². The predicted octanol–water partition coefficient (Wildman–Crippen LogP) is 3.42. The highest BCUT2D eigenvalue weighted by atomic mass is 15.2. The van der Waals surface area contributed by atoms with Crippen LogP contribution in [0.5, 0.6) is 0 Å². The molecule has 1 fully saturated rings. The summed E-state index contributed by atoms with van der Waals surface area (Å²) in [5, 5.41) is 3.56. The molecule has 1 aromatic rings. The van der Waals surface area contributed by atoms with Crippen molar-refractivity contribution in [3.63, 3.8) is 0 Å². The molecule has 1 saturated carbocycles. The Morgan fingerprint density at radius 2 is 1.89 bits per heavy atom. The lowest BCUT2D eigenvalue weighted by atomic mass is 10.1. The van der Waals surface area contributed by atoms with Crippen molar-refractivity contribution in [2.24, 2.45) is 5.92 Å². The van der Waals surface area contributed by atoms with Crippen LogP contribution in [0.3, 0.4) is 0 Å². The van der Waals surface area contributed by atoms with Crippen molar-refractivity contribution >= 4 is 0 Å². The van der Waals surface area contributed by atoms with Crippen LogP contribution in [0, 0.1) is 5.92 Å². The van der Waals surface area contributed by atoms with Crippen molar-refractivity contribution in [2.75, 3.05) is 13.1 Å². The molecule has 0 aliphatic heterocycles. The molecule has 2 rings (SSSR count). The van der Waals surface area contributed by atoms with Crippen LogP contribution in [0.25, 0.3) is 0 Å². The first-order valence-electron chi connectivity index (χ1n) is 7.72. The molecule has 106 valence electrons. The fourth-order valence-corrected chi connectivity index (χ4v) is 2.54. The molecule has 0 unspecified atom stereocenters. The van der Waals surface area contributed by atoms with Crippen LogP contribution < -0.4 is 5.32 Å². The number of benzene rings is 1. The van der Waals surface area contributed by atoms with E-state index in [-0.39, 0.29) is 0 Å². The van der Waals surface area contributed by atoms with Gasteiger partial charge in [-0.05, 0) is 43.0 Å². The number of rotatable bonds is 8. The van der Waals surface area contributed by atoms with E-state index in [1.807, 2.05) is 0 Å².